The highest BCUT2D eigenvalue weighted by Gasteiger charge is 2.23. The first-order chi connectivity index (χ1) is 10.2. The van der Waals surface area contributed by atoms with Crippen LogP contribution >= 0.6 is 47.0 Å². The predicted octanol–water partition coefficient (Wildman–Crippen LogP) is 5.67. The zero-order valence-electron chi connectivity index (χ0n) is 15.1. The lowest BCUT2D eigenvalue weighted by Crippen LogP contribution is -2.26. The molecule has 2 atom stereocenters. The van der Waals surface area contributed by atoms with E-state index in [4.69, 9.17) is 4.74 Å². The molecule has 132 valence electrons. The van der Waals surface area contributed by atoms with E-state index < -0.39 is 0 Å². The average molecular weight is 383 g/mol. The molecule has 1 saturated heterocycles. The Kier molecular flexibility index (Phi) is 10.1. The molecule has 1 heterocycles. The summed E-state index contributed by atoms with van der Waals surface area (Å²) < 4.78 is 6.17. The lowest BCUT2D eigenvalue weighted by molar-refractivity contribution is -0.00196. The second kappa shape index (κ2) is 10.4. The first-order valence-corrected chi connectivity index (χ1v) is 12.5. The van der Waals surface area contributed by atoms with Crippen LogP contribution in [-0.4, -0.2) is 56.2 Å². The maximum Gasteiger partial charge on any atom is 0.0598 e. The standard InChI is InChI=1S/C17H34OS4/c1-16(2,3)18-8-7-9-19-10-14-11-21-15(12-20-14)13-22-17(4,5)6/h14-15H,7-13H2,1-6H3. The summed E-state index contributed by atoms with van der Waals surface area (Å²) in [7, 11) is 0. The van der Waals surface area contributed by atoms with Gasteiger partial charge in [-0.05, 0) is 32.9 Å². The Morgan fingerprint density at radius 3 is 2.05 bits per heavy atom. The summed E-state index contributed by atoms with van der Waals surface area (Å²) in [6.07, 6.45) is 1.18. The maximum atomic E-state index is 5.76. The van der Waals surface area contributed by atoms with Gasteiger partial charge in [-0.25, -0.2) is 0 Å². The Morgan fingerprint density at radius 2 is 1.55 bits per heavy atom. The largest absolute Gasteiger partial charge is 0.376 e. The third kappa shape index (κ3) is 11.8. The molecule has 1 fully saturated rings. The van der Waals surface area contributed by atoms with Gasteiger partial charge in [0.05, 0.1) is 5.60 Å². The molecular formula is C17H34OS4. The molecule has 0 radical (unpaired) electrons. The zero-order valence-corrected chi connectivity index (χ0v) is 18.4. The van der Waals surface area contributed by atoms with Crippen molar-refractivity contribution in [2.24, 2.45) is 0 Å². The third-order valence-electron chi connectivity index (χ3n) is 3.01. The monoisotopic (exact) mass is 382 g/mol. The fourth-order valence-electron chi connectivity index (χ4n) is 1.87. The van der Waals surface area contributed by atoms with Crippen molar-refractivity contribution in [2.75, 3.05) is 35.4 Å². The first kappa shape index (κ1) is 21.4. The second-order valence-electron chi connectivity index (χ2n) is 7.72. The van der Waals surface area contributed by atoms with Crippen LogP contribution in [0.15, 0.2) is 0 Å². The van der Waals surface area contributed by atoms with Crippen LogP contribution < -0.4 is 0 Å². The van der Waals surface area contributed by atoms with Crippen molar-refractivity contribution < 1.29 is 4.74 Å². The van der Waals surface area contributed by atoms with Crippen molar-refractivity contribution >= 4 is 47.0 Å². The Bertz CT molecular complexity index is 288. The van der Waals surface area contributed by atoms with Crippen LogP contribution in [0.2, 0.25) is 0 Å². The highest BCUT2D eigenvalue weighted by Crippen LogP contribution is 2.35. The topological polar surface area (TPSA) is 9.23 Å². The SMILES string of the molecule is CC(C)(C)OCCCSCC1CSC(CSC(C)(C)C)CS1. The molecule has 0 amide bonds. The summed E-state index contributed by atoms with van der Waals surface area (Å²) in [4.78, 5) is 0. The molecule has 0 aromatic rings. The van der Waals surface area contributed by atoms with Gasteiger partial charge >= 0.3 is 0 Å². The second-order valence-corrected chi connectivity index (χ2v) is 13.4. The van der Waals surface area contributed by atoms with Gasteiger partial charge in [0.25, 0.3) is 0 Å². The van der Waals surface area contributed by atoms with E-state index in [9.17, 15) is 0 Å². The molecular weight excluding hydrogens is 348 g/mol. The van der Waals surface area contributed by atoms with Crippen molar-refractivity contribution in [1.82, 2.24) is 0 Å². The summed E-state index contributed by atoms with van der Waals surface area (Å²) in [5.41, 5.74) is 0.0145. The molecule has 1 nitrogen and oxygen atoms in total. The number of rotatable bonds is 8. The summed E-state index contributed by atoms with van der Waals surface area (Å²) in [6, 6.07) is 0. The van der Waals surface area contributed by atoms with Gasteiger partial charge in [-0.3, -0.25) is 0 Å². The van der Waals surface area contributed by atoms with Gasteiger partial charge in [-0.1, -0.05) is 20.8 Å². The lowest BCUT2D eigenvalue weighted by Gasteiger charge is -2.29. The van der Waals surface area contributed by atoms with Crippen molar-refractivity contribution in [3.8, 4) is 0 Å². The summed E-state index contributed by atoms with van der Waals surface area (Å²) in [5, 5.41) is 1.71. The molecule has 0 saturated carbocycles. The van der Waals surface area contributed by atoms with Crippen LogP contribution in [0.4, 0.5) is 0 Å². The van der Waals surface area contributed by atoms with Crippen LogP contribution in [0.1, 0.15) is 48.0 Å². The molecule has 2 unspecified atom stereocenters. The van der Waals surface area contributed by atoms with Crippen molar-refractivity contribution in [3.63, 3.8) is 0 Å². The van der Waals surface area contributed by atoms with Crippen LogP contribution in [0, 0.1) is 0 Å². The van der Waals surface area contributed by atoms with E-state index in [1.165, 1.54) is 35.2 Å². The van der Waals surface area contributed by atoms with Crippen molar-refractivity contribution in [2.45, 2.75) is 68.8 Å². The Balaban J connectivity index is 1.99. The number of hydrogen-bond donors (Lipinski definition) is 0. The van der Waals surface area contributed by atoms with E-state index in [1.807, 2.05) is 0 Å². The highest BCUT2D eigenvalue weighted by molar-refractivity contribution is 8.09. The van der Waals surface area contributed by atoms with E-state index in [0.717, 1.165) is 17.1 Å². The molecule has 0 aromatic carbocycles. The van der Waals surface area contributed by atoms with Gasteiger partial charge in [0.1, 0.15) is 0 Å². The molecule has 5 heteroatoms. The van der Waals surface area contributed by atoms with Gasteiger partial charge in [0.2, 0.25) is 0 Å². The zero-order chi connectivity index (χ0) is 16.6. The van der Waals surface area contributed by atoms with E-state index in [2.05, 4.69) is 88.6 Å². The van der Waals surface area contributed by atoms with Gasteiger partial charge in [0.15, 0.2) is 0 Å². The fraction of sp³-hybridized carbons (Fsp3) is 1.00. The Morgan fingerprint density at radius 1 is 0.955 bits per heavy atom. The number of ether oxygens (including phenoxy) is 1. The molecule has 0 aliphatic carbocycles. The van der Waals surface area contributed by atoms with Crippen LogP contribution in [0.3, 0.4) is 0 Å². The quantitative estimate of drug-likeness (QED) is 0.498. The van der Waals surface area contributed by atoms with Gasteiger partial charge in [0, 0.05) is 44.9 Å². The summed E-state index contributed by atoms with van der Waals surface area (Å²) in [5.74, 6) is 6.54. The molecule has 0 aromatic heterocycles. The molecule has 0 spiro atoms. The van der Waals surface area contributed by atoms with Crippen LogP contribution in [-0.2, 0) is 4.74 Å². The molecule has 1 aliphatic rings. The van der Waals surface area contributed by atoms with Crippen LogP contribution in [0.25, 0.3) is 0 Å². The molecule has 22 heavy (non-hydrogen) atoms. The lowest BCUT2D eigenvalue weighted by atomic mass is 10.2. The van der Waals surface area contributed by atoms with E-state index in [-0.39, 0.29) is 5.60 Å². The minimum absolute atomic E-state index is 0.0145. The first-order valence-electron chi connectivity index (χ1n) is 8.24. The molecule has 0 bridgehead atoms. The van der Waals surface area contributed by atoms with Crippen LogP contribution in [0.5, 0.6) is 0 Å². The number of thioether (sulfide) groups is 4. The Hall–Kier alpha value is 1.36. The van der Waals surface area contributed by atoms with Crippen molar-refractivity contribution in [3.05, 3.63) is 0 Å². The molecule has 0 N–H and O–H groups in total. The van der Waals surface area contributed by atoms with Crippen molar-refractivity contribution in [1.29, 1.82) is 0 Å². The summed E-state index contributed by atoms with van der Waals surface area (Å²) >= 11 is 8.63. The van der Waals surface area contributed by atoms with Gasteiger partial charge in [-0.2, -0.15) is 47.0 Å². The smallest absolute Gasteiger partial charge is 0.0598 e. The predicted molar refractivity (Wildman–Crippen MR) is 112 cm³/mol. The van der Waals surface area contributed by atoms with Gasteiger partial charge < -0.3 is 4.74 Å². The highest BCUT2D eigenvalue weighted by atomic mass is 32.2. The number of hydrogen-bond acceptors (Lipinski definition) is 5. The van der Waals surface area contributed by atoms with Gasteiger partial charge in [-0.15, -0.1) is 0 Å². The summed E-state index contributed by atoms with van der Waals surface area (Å²) in [6.45, 7) is 14.2. The average Bonchev–Trinajstić information content (AvgIpc) is 2.39. The maximum absolute atomic E-state index is 5.76. The minimum atomic E-state index is 0.0145. The van der Waals surface area contributed by atoms with E-state index in [1.54, 1.807) is 0 Å². The normalized spacial score (nSPS) is 23.7. The third-order valence-corrected chi connectivity index (χ3v) is 9.30. The minimum Gasteiger partial charge on any atom is -0.376 e. The van der Waals surface area contributed by atoms with E-state index in [0.29, 0.717) is 4.75 Å². The Labute approximate surface area is 155 Å². The van der Waals surface area contributed by atoms with E-state index >= 15 is 0 Å². The fourth-order valence-corrected chi connectivity index (χ4v) is 7.56. The molecule has 1 aliphatic heterocycles. The molecule has 1 rings (SSSR count).